The predicted molar refractivity (Wildman–Crippen MR) is 111 cm³/mol. The molecule has 2 aliphatic heterocycles. The van der Waals surface area contributed by atoms with Crippen LogP contribution in [0.15, 0.2) is 60.7 Å². The van der Waals surface area contributed by atoms with Gasteiger partial charge in [0.15, 0.2) is 6.10 Å². The molecular formula is C24H25NO7. The molecule has 1 N–H and O–H groups in total. The second-order valence-electron chi connectivity index (χ2n) is 8.50. The fourth-order valence-corrected chi connectivity index (χ4v) is 3.93. The van der Waals surface area contributed by atoms with Crippen LogP contribution in [-0.4, -0.2) is 45.9 Å². The molecule has 2 heterocycles. The van der Waals surface area contributed by atoms with E-state index in [1.54, 1.807) is 0 Å². The minimum atomic E-state index is -2.05. The Morgan fingerprint density at radius 2 is 1.66 bits per heavy atom. The van der Waals surface area contributed by atoms with Crippen molar-refractivity contribution in [2.75, 3.05) is 6.61 Å². The van der Waals surface area contributed by atoms with Crippen LogP contribution in [0.2, 0.25) is 0 Å². The lowest BCUT2D eigenvalue weighted by Gasteiger charge is -2.34. The maximum atomic E-state index is 13.5. The first-order chi connectivity index (χ1) is 15.2. The van der Waals surface area contributed by atoms with Gasteiger partial charge in [-0.2, -0.15) is 5.06 Å². The van der Waals surface area contributed by atoms with E-state index in [0.29, 0.717) is 0 Å². The van der Waals surface area contributed by atoms with Gasteiger partial charge in [0.05, 0.1) is 24.5 Å². The number of nitrogens with zero attached hydrogens (tertiary/aromatic N) is 1. The largest absolute Gasteiger partial charge is 0.448 e. The van der Waals surface area contributed by atoms with Gasteiger partial charge in [-0.15, -0.1) is 0 Å². The van der Waals surface area contributed by atoms with E-state index in [2.05, 4.69) is 0 Å². The zero-order valence-corrected chi connectivity index (χ0v) is 17.9. The number of esters is 2. The van der Waals surface area contributed by atoms with E-state index in [1.807, 2.05) is 60.7 Å². The van der Waals surface area contributed by atoms with E-state index in [1.165, 1.54) is 13.8 Å². The number of rotatable bonds is 6. The first kappa shape index (κ1) is 22.0. The molecule has 2 saturated heterocycles. The number of aliphatic hydroxyl groups is 1. The van der Waals surface area contributed by atoms with Crippen LogP contribution >= 0.6 is 0 Å². The fraction of sp³-hybridized carbons (Fsp3) is 0.375. The first-order valence-corrected chi connectivity index (χ1v) is 10.4. The van der Waals surface area contributed by atoms with E-state index < -0.39 is 41.2 Å². The number of hydrogen-bond acceptors (Lipinski definition) is 7. The Hall–Kier alpha value is -3.23. The van der Waals surface area contributed by atoms with Crippen LogP contribution < -0.4 is 0 Å². The molecular weight excluding hydrogens is 414 g/mol. The van der Waals surface area contributed by atoms with E-state index in [-0.39, 0.29) is 19.4 Å². The Balaban J connectivity index is 1.68. The molecule has 8 heteroatoms. The number of carbonyl (C=O) groups is 3. The van der Waals surface area contributed by atoms with Crippen molar-refractivity contribution in [1.29, 1.82) is 0 Å². The van der Waals surface area contributed by atoms with E-state index in [0.717, 1.165) is 16.2 Å². The van der Waals surface area contributed by atoms with Crippen LogP contribution in [0, 0.1) is 5.92 Å². The molecule has 1 unspecified atom stereocenters. The lowest BCUT2D eigenvalue weighted by atomic mass is 9.91. The number of amides is 1. The molecule has 4 rings (SSSR count). The zero-order valence-electron chi connectivity index (χ0n) is 17.9. The van der Waals surface area contributed by atoms with Gasteiger partial charge >= 0.3 is 17.7 Å². The Morgan fingerprint density at radius 3 is 2.09 bits per heavy atom. The monoisotopic (exact) mass is 439 g/mol. The lowest BCUT2D eigenvalue weighted by molar-refractivity contribution is -0.260. The number of ether oxygens (including phenoxy) is 2. The molecule has 0 saturated carbocycles. The van der Waals surface area contributed by atoms with Gasteiger partial charge in [-0.1, -0.05) is 60.7 Å². The van der Waals surface area contributed by atoms with Gasteiger partial charge in [0, 0.05) is 6.42 Å². The quantitative estimate of drug-likeness (QED) is 0.690. The molecule has 2 aromatic carbocycles. The van der Waals surface area contributed by atoms with Crippen LogP contribution in [0.4, 0.5) is 0 Å². The average Bonchev–Trinajstić information content (AvgIpc) is 3.36. The van der Waals surface area contributed by atoms with Gasteiger partial charge in [-0.3, -0.25) is 14.4 Å². The average molecular weight is 439 g/mol. The smallest absolute Gasteiger partial charge is 0.376 e. The summed E-state index contributed by atoms with van der Waals surface area (Å²) in [7, 11) is 0. The highest BCUT2D eigenvalue weighted by atomic mass is 16.8. The number of hydrogen-bond donors (Lipinski definition) is 1. The summed E-state index contributed by atoms with van der Waals surface area (Å²) in [5.41, 5.74) is -1.99. The zero-order chi connectivity index (χ0) is 22.9. The van der Waals surface area contributed by atoms with Crippen molar-refractivity contribution < 1.29 is 33.8 Å². The minimum absolute atomic E-state index is 0.0727. The van der Waals surface area contributed by atoms with Crippen molar-refractivity contribution in [3.63, 3.8) is 0 Å². The van der Waals surface area contributed by atoms with Crippen LogP contribution in [0.5, 0.6) is 0 Å². The maximum Gasteiger partial charge on any atom is 0.376 e. The van der Waals surface area contributed by atoms with E-state index in [9.17, 15) is 19.5 Å². The van der Waals surface area contributed by atoms with Crippen molar-refractivity contribution in [1.82, 2.24) is 5.06 Å². The number of benzene rings is 2. The van der Waals surface area contributed by atoms with Gasteiger partial charge in [-0.25, -0.2) is 4.79 Å². The van der Waals surface area contributed by atoms with Crippen molar-refractivity contribution in [2.45, 2.75) is 44.1 Å². The summed E-state index contributed by atoms with van der Waals surface area (Å²) in [5.74, 6) is -3.10. The number of hydroxylamine groups is 2. The summed E-state index contributed by atoms with van der Waals surface area (Å²) in [6.45, 7) is 2.82. The third-order valence-electron chi connectivity index (χ3n) is 5.75. The van der Waals surface area contributed by atoms with Crippen molar-refractivity contribution >= 4 is 17.8 Å². The first-order valence-electron chi connectivity index (χ1n) is 10.4. The van der Waals surface area contributed by atoms with Gasteiger partial charge < -0.3 is 14.6 Å². The second-order valence-corrected chi connectivity index (χ2v) is 8.50. The third-order valence-corrected chi connectivity index (χ3v) is 5.75. The third kappa shape index (κ3) is 3.99. The van der Waals surface area contributed by atoms with Crippen molar-refractivity contribution in [3.05, 3.63) is 71.8 Å². The lowest BCUT2D eigenvalue weighted by Crippen LogP contribution is -2.56. The molecule has 0 aliphatic carbocycles. The highest BCUT2D eigenvalue weighted by molar-refractivity contribution is 5.92. The van der Waals surface area contributed by atoms with Crippen molar-refractivity contribution in [3.8, 4) is 0 Å². The highest BCUT2D eigenvalue weighted by Gasteiger charge is 2.61. The normalized spacial score (nSPS) is 23.5. The van der Waals surface area contributed by atoms with E-state index >= 15 is 0 Å². The summed E-state index contributed by atoms with van der Waals surface area (Å²) < 4.78 is 11.3. The maximum absolute atomic E-state index is 13.5. The fourth-order valence-electron chi connectivity index (χ4n) is 3.93. The highest BCUT2D eigenvalue weighted by Crippen LogP contribution is 2.40. The molecule has 2 atom stereocenters. The van der Waals surface area contributed by atoms with Crippen LogP contribution in [0.3, 0.4) is 0 Å². The van der Waals surface area contributed by atoms with Gasteiger partial charge in [-0.05, 0) is 25.0 Å². The second kappa shape index (κ2) is 8.37. The van der Waals surface area contributed by atoms with E-state index in [4.69, 9.17) is 14.3 Å². The number of carbonyl (C=O) groups excluding carboxylic acids is 3. The molecule has 0 aromatic heterocycles. The Morgan fingerprint density at radius 1 is 1.09 bits per heavy atom. The summed E-state index contributed by atoms with van der Waals surface area (Å²) in [6, 6.07) is 18.3. The van der Waals surface area contributed by atoms with Gasteiger partial charge in [0.2, 0.25) is 0 Å². The molecule has 0 radical (unpaired) electrons. The van der Waals surface area contributed by atoms with Gasteiger partial charge in [0.1, 0.15) is 0 Å². The molecule has 0 bridgehead atoms. The molecule has 2 aromatic rings. The summed E-state index contributed by atoms with van der Waals surface area (Å²) >= 11 is 0. The van der Waals surface area contributed by atoms with Crippen LogP contribution in [0.25, 0.3) is 0 Å². The molecule has 168 valence electrons. The van der Waals surface area contributed by atoms with Crippen LogP contribution in [0.1, 0.15) is 43.9 Å². The van der Waals surface area contributed by atoms with Gasteiger partial charge in [0.25, 0.3) is 5.91 Å². The molecule has 0 spiro atoms. The summed E-state index contributed by atoms with van der Waals surface area (Å²) in [5, 5.41) is 11.1. The molecule has 2 fully saturated rings. The minimum Gasteiger partial charge on any atom is -0.448 e. The standard InChI is InChI=1S/C24H25NO7/c1-23(2,29)18-15-30-25(21(18)27)24(14-13-19(26)32-24)22(28)31-20(16-9-5-3-6-10-16)17-11-7-4-8-12-17/h3-12,18,20,29H,13-15H2,1-2H3/t18-,24?/m1/s1. The SMILES string of the molecule is CC(C)(O)[C@@H]1CON(C2(C(=O)OC(c3ccccc3)c3ccccc3)CCC(=O)O2)C1=O. The summed E-state index contributed by atoms with van der Waals surface area (Å²) in [6.07, 6.45) is -0.967. The molecule has 2 aliphatic rings. The summed E-state index contributed by atoms with van der Waals surface area (Å²) in [4.78, 5) is 44.1. The van der Waals surface area contributed by atoms with Crippen molar-refractivity contribution in [2.24, 2.45) is 5.92 Å². The Bertz CT molecular complexity index is 963. The molecule has 32 heavy (non-hydrogen) atoms. The van der Waals surface area contributed by atoms with Crippen LogP contribution in [-0.2, 0) is 28.7 Å². The molecule has 1 amide bonds. The number of cyclic esters (lactones) is 1. The molecule has 8 nitrogen and oxygen atoms in total. The topological polar surface area (TPSA) is 102 Å². The predicted octanol–water partition coefficient (Wildman–Crippen LogP) is 2.51. The Kier molecular flexibility index (Phi) is 5.75. The Labute approximate surface area is 185 Å².